The van der Waals surface area contributed by atoms with E-state index in [2.05, 4.69) is 4.74 Å². The van der Waals surface area contributed by atoms with Crippen molar-refractivity contribution in [1.82, 2.24) is 0 Å². The number of carbonyl (C=O) groups excluding carboxylic acids is 2. The minimum atomic E-state index is -0.382. The Bertz CT molecular complexity index is 267. The highest BCUT2D eigenvalue weighted by atomic mass is 16.6. The van der Waals surface area contributed by atoms with E-state index in [1.807, 2.05) is 13.0 Å². The van der Waals surface area contributed by atoms with Gasteiger partial charge in [0.2, 0.25) is 0 Å². The molecule has 3 heteroatoms. The second-order valence-corrected chi connectivity index (χ2v) is 3.43. The Morgan fingerprint density at radius 1 is 1.42 bits per heavy atom. The van der Waals surface area contributed by atoms with Crippen LogP contribution in [0, 0.1) is 17.8 Å². The van der Waals surface area contributed by atoms with E-state index in [1.54, 1.807) is 6.08 Å². The van der Waals surface area contributed by atoms with E-state index in [9.17, 15) is 9.59 Å². The molecule has 0 amide bonds. The highest BCUT2D eigenvalue weighted by Crippen LogP contribution is 2.36. The molecule has 0 aromatic heterocycles. The third-order valence-electron chi connectivity index (χ3n) is 2.60. The number of hydrogen-bond donors (Lipinski definition) is 0. The zero-order chi connectivity index (χ0) is 8.72. The van der Waals surface area contributed by atoms with E-state index >= 15 is 0 Å². The number of allylic oxidation sites excluding steroid dienone is 1. The van der Waals surface area contributed by atoms with Crippen LogP contribution >= 0.6 is 0 Å². The van der Waals surface area contributed by atoms with Crippen molar-refractivity contribution in [2.75, 3.05) is 0 Å². The minimum Gasteiger partial charge on any atom is -0.392 e. The summed E-state index contributed by atoms with van der Waals surface area (Å²) < 4.78 is 4.55. The molecule has 1 aliphatic heterocycles. The Labute approximate surface area is 70.4 Å². The van der Waals surface area contributed by atoms with Crippen LogP contribution in [0.3, 0.4) is 0 Å². The normalized spacial score (nSPS) is 39.6. The van der Waals surface area contributed by atoms with Gasteiger partial charge >= 0.3 is 11.9 Å². The van der Waals surface area contributed by atoms with E-state index in [1.165, 1.54) is 0 Å². The summed E-state index contributed by atoms with van der Waals surface area (Å²) in [5.74, 6) is -1.02. The van der Waals surface area contributed by atoms with Gasteiger partial charge in [0.1, 0.15) is 0 Å². The van der Waals surface area contributed by atoms with Crippen LogP contribution in [0.2, 0.25) is 0 Å². The maximum atomic E-state index is 11.2. The second-order valence-electron chi connectivity index (χ2n) is 3.43. The lowest BCUT2D eigenvalue weighted by molar-refractivity contribution is -0.153. The zero-order valence-corrected chi connectivity index (χ0v) is 6.82. The van der Waals surface area contributed by atoms with Gasteiger partial charge in [-0.05, 0) is 12.3 Å². The lowest BCUT2D eigenvalue weighted by atomic mass is 9.78. The van der Waals surface area contributed by atoms with Crippen LogP contribution in [0.15, 0.2) is 12.2 Å². The summed E-state index contributed by atoms with van der Waals surface area (Å²) in [6, 6.07) is 0. The molecular weight excluding hydrogens is 156 g/mol. The van der Waals surface area contributed by atoms with Crippen molar-refractivity contribution in [3.05, 3.63) is 12.2 Å². The molecule has 2 rings (SSSR count). The molecule has 1 heterocycles. The van der Waals surface area contributed by atoms with Crippen molar-refractivity contribution < 1.29 is 14.3 Å². The number of ether oxygens (including phenoxy) is 1. The molecule has 1 saturated heterocycles. The van der Waals surface area contributed by atoms with Gasteiger partial charge < -0.3 is 4.74 Å². The molecule has 1 fully saturated rings. The molecule has 0 aromatic rings. The molecule has 0 spiro atoms. The molecule has 0 unspecified atom stereocenters. The smallest absolute Gasteiger partial charge is 0.321 e. The molecule has 0 aromatic carbocycles. The van der Waals surface area contributed by atoms with Crippen LogP contribution < -0.4 is 0 Å². The largest absolute Gasteiger partial charge is 0.392 e. The summed E-state index contributed by atoms with van der Waals surface area (Å²) in [5, 5.41) is 0. The van der Waals surface area contributed by atoms with Gasteiger partial charge in [0.25, 0.3) is 0 Å². The van der Waals surface area contributed by atoms with Gasteiger partial charge in [0, 0.05) is 0 Å². The standard InChI is InChI=1S/C9H10O3/c1-5-3-2-4-6-7(5)9(11)12-8(6)10/h2,4-7H,3H2,1H3/t5-,6-,7+/m1/s1. The molecule has 1 aliphatic carbocycles. The third-order valence-corrected chi connectivity index (χ3v) is 2.60. The Morgan fingerprint density at radius 3 is 2.83 bits per heavy atom. The number of rotatable bonds is 0. The molecule has 3 nitrogen and oxygen atoms in total. The van der Waals surface area contributed by atoms with Gasteiger partial charge in [0.05, 0.1) is 11.8 Å². The lowest BCUT2D eigenvalue weighted by Gasteiger charge is -2.20. The third kappa shape index (κ3) is 0.891. The number of carbonyl (C=O) groups is 2. The maximum absolute atomic E-state index is 11.2. The van der Waals surface area contributed by atoms with Crippen molar-refractivity contribution in [3.8, 4) is 0 Å². The van der Waals surface area contributed by atoms with Crippen molar-refractivity contribution in [1.29, 1.82) is 0 Å². The van der Waals surface area contributed by atoms with Crippen LogP contribution in [0.4, 0.5) is 0 Å². The Morgan fingerprint density at radius 2 is 2.17 bits per heavy atom. The van der Waals surface area contributed by atoms with E-state index < -0.39 is 0 Å². The summed E-state index contributed by atoms with van der Waals surface area (Å²) in [5.41, 5.74) is 0. The maximum Gasteiger partial charge on any atom is 0.321 e. The van der Waals surface area contributed by atoms with Crippen molar-refractivity contribution in [2.24, 2.45) is 17.8 Å². The van der Waals surface area contributed by atoms with E-state index in [0.29, 0.717) is 0 Å². The van der Waals surface area contributed by atoms with E-state index in [4.69, 9.17) is 0 Å². The fourth-order valence-corrected chi connectivity index (χ4v) is 1.90. The molecule has 12 heavy (non-hydrogen) atoms. The van der Waals surface area contributed by atoms with Crippen LogP contribution in [-0.2, 0) is 14.3 Å². The average molecular weight is 166 g/mol. The van der Waals surface area contributed by atoms with Gasteiger partial charge in [-0.25, -0.2) is 0 Å². The molecule has 2 aliphatic rings. The Hall–Kier alpha value is -1.12. The molecule has 0 bridgehead atoms. The Balaban J connectivity index is 2.34. The topological polar surface area (TPSA) is 43.4 Å². The number of esters is 2. The fourth-order valence-electron chi connectivity index (χ4n) is 1.90. The van der Waals surface area contributed by atoms with Crippen molar-refractivity contribution in [3.63, 3.8) is 0 Å². The van der Waals surface area contributed by atoms with Gasteiger partial charge in [0.15, 0.2) is 0 Å². The monoisotopic (exact) mass is 166 g/mol. The van der Waals surface area contributed by atoms with Gasteiger partial charge in [-0.1, -0.05) is 19.1 Å². The van der Waals surface area contributed by atoms with Gasteiger partial charge in [-0.15, -0.1) is 0 Å². The van der Waals surface area contributed by atoms with Crippen LogP contribution in [0.25, 0.3) is 0 Å². The number of hydrogen-bond acceptors (Lipinski definition) is 3. The lowest BCUT2D eigenvalue weighted by Crippen LogP contribution is -2.25. The molecule has 0 saturated carbocycles. The first-order chi connectivity index (χ1) is 5.70. The summed E-state index contributed by atoms with van der Waals surface area (Å²) in [4.78, 5) is 22.2. The highest BCUT2D eigenvalue weighted by molar-refractivity contribution is 5.97. The van der Waals surface area contributed by atoms with Crippen LogP contribution in [0.5, 0.6) is 0 Å². The summed E-state index contributed by atoms with van der Waals surface area (Å²) in [6.07, 6.45) is 4.60. The van der Waals surface area contributed by atoms with Crippen molar-refractivity contribution >= 4 is 11.9 Å². The molecule has 0 N–H and O–H groups in total. The fraction of sp³-hybridized carbons (Fsp3) is 0.556. The first kappa shape index (κ1) is 7.53. The van der Waals surface area contributed by atoms with E-state index in [-0.39, 0.29) is 29.7 Å². The minimum absolute atomic E-state index is 0.220. The molecule has 64 valence electrons. The molecule has 3 atom stereocenters. The van der Waals surface area contributed by atoms with Crippen molar-refractivity contribution in [2.45, 2.75) is 13.3 Å². The van der Waals surface area contributed by atoms with E-state index in [0.717, 1.165) is 6.42 Å². The summed E-state index contributed by atoms with van der Waals surface area (Å²) >= 11 is 0. The summed E-state index contributed by atoms with van der Waals surface area (Å²) in [6.45, 7) is 1.97. The average Bonchev–Trinajstić information content (AvgIpc) is 2.29. The Kier molecular flexibility index (Phi) is 1.53. The van der Waals surface area contributed by atoms with Crippen LogP contribution in [-0.4, -0.2) is 11.9 Å². The predicted molar refractivity (Wildman–Crippen MR) is 41.0 cm³/mol. The zero-order valence-electron chi connectivity index (χ0n) is 6.82. The van der Waals surface area contributed by atoms with Crippen LogP contribution in [0.1, 0.15) is 13.3 Å². The summed E-state index contributed by atoms with van der Waals surface area (Å²) in [7, 11) is 0. The molecular formula is C9H10O3. The highest BCUT2D eigenvalue weighted by Gasteiger charge is 2.46. The second kappa shape index (κ2) is 2.44. The quantitative estimate of drug-likeness (QED) is 0.305. The first-order valence-electron chi connectivity index (χ1n) is 4.12. The molecule has 0 radical (unpaired) electrons. The van der Waals surface area contributed by atoms with Gasteiger partial charge in [-0.3, -0.25) is 9.59 Å². The first-order valence-corrected chi connectivity index (χ1v) is 4.12. The number of fused-ring (bicyclic) bond motifs is 1. The predicted octanol–water partition coefficient (Wildman–Crippen LogP) is 0.898. The van der Waals surface area contributed by atoms with Gasteiger partial charge in [-0.2, -0.15) is 0 Å². The number of cyclic esters (lactones) is 2. The SMILES string of the molecule is C[C@@H]1CC=C[C@H]2C(=O)OC(=O)[C@@H]12.